The number of H-pyrrole nitrogens is 2. The number of nitrogens with one attached hydrogen (secondary N) is 3. The fourth-order valence-corrected chi connectivity index (χ4v) is 7.57. The van der Waals surface area contributed by atoms with Crippen LogP contribution in [-0.4, -0.2) is 79.1 Å². The van der Waals surface area contributed by atoms with Gasteiger partial charge in [0.05, 0.1) is 41.7 Å². The van der Waals surface area contributed by atoms with E-state index in [0.29, 0.717) is 23.7 Å². The summed E-state index contributed by atoms with van der Waals surface area (Å²) < 4.78 is 11.3. The molecule has 6 atom stereocenters. The molecule has 238 valence electrons. The number of ether oxygens (including phenoxy) is 1. The maximum absolute atomic E-state index is 9.50. The van der Waals surface area contributed by atoms with Gasteiger partial charge in [0, 0.05) is 24.2 Å². The first kappa shape index (κ1) is 29.6. The molecule has 6 aromatic heterocycles. The molecule has 4 N–H and O–H groups in total. The number of nitrogens with zero attached hydrogens (tertiary/aromatic N) is 9. The van der Waals surface area contributed by atoms with E-state index in [4.69, 9.17) is 15.1 Å². The van der Waals surface area contributed by atoms with Crippen molar-refractivity contribution < 1.29 is 14.6 Å². The molecular formula is C31H36N12O3. The molecule has 2 aliphatic rings. The summed E-state index contributed by atoms with van der Waals surface area (Å²) in [4.78, 5) is 24.9. The molecule has 2 aliphatic carbocycles. The van der Waals surface area contributed by atoms with Gasteiger partial charge in [0.15, 0.2) is 22.6 Å². The minimum Gasteiger partial charge on any atom is -0.465 e. The average Bonchev–Trinajstić information content (AvgIpc) is 3.89. The lowest BCUT2D eigenvalue weighted by Gasteiger charge is -2.18. The Morgan fingerprint density at radius 3 is 1.80 bits per heavy atom. The molecule has 6 heterocycles. The van der Waals surface area contributed by atoms with Crippen LogP contribution < -0.4 is 5.32 Å². The van der Waals surface area contributed by atoms with Gasteiger partial charge >= 0.3 is 6.09 Å². The number of hydrogen-bond donors (Lipinski definition) is 4. The standard InChI is InChI=1S/C28H32N10O.C3H4N2O2/c1-3-15-9-17(11-19(15)27-35-33-23-13-31-25-21(37(23)27)5-7-29-25)39-18-10-16(4-2)20(12-18)28-36-34-24-14-32-26-22(38(24)28)6-8-30-26;4-1-2-5-3(6)7/h5-8,13-20,29-30H,3-4,9-12H2,1-2H3;5H,2H2,(H,6,7)/t15-,16-,17+,18+,19+,20+;/m1./s1. The summed E-state index contributed by atoms with van der Waals surface area (Å²) in [6, 6.07) is 5.72. The number of fused-ring (bicyclic) bond motifs is 6. The lowest BCUT2D eigenvalue weighted by Crippen LogP contribution is -2.20. The fraction of sp³-hybridized carbons (Fsp3) is 0.484. The topological polar surface area (TPSA) is 200 Å². The largest absolute Gasteiger partial charge is 0.465 e. The van der Waals surface area contributed by atoms with Gasteiger partial charge in [-0.2, -0.15) is 5.26 Å². The van der Waals surface area contributed by atoms with Crippen molar-refractivity contribution in [3.63, 3.8) is 0 Å². The third-order valence-corrected chi connectivity index (χ3v) is 9.65. The predicted molar refractivity (Wildman–Crippen MR) is 167 cm³/mol. The van der Waals surface area contributed by atoms with E-state index in [1.807, 2.05) is 17.7 Å². The first-order chi connectivity index (χ1) is 22.5. The molecule has 2 fully saturated rings. The van der Waals surface area contributed by atoms with Crippen LogP contribution >= 0.6 is 0 Å². The summed E-state index contributed by atoms with van der Waals surface area (Å²) in [6.07, 6.45) is 13.0. The van der Waals surface area contributed by atoms with Gasteiger partial charge < -0.3 is 25.1 Å². The Morgan fingerprint density at radius 1 is 0.891 bits per heavy atom. The third-order valence-electron chi connectivity index (χ3n) is 9.65. The normalized spacial score (nSPS) is 24.5. The molecular weight excluding hydrogens is 588 g/mol. The van der Waals surface area contributed by atoms with Crippen molar-refractivity contribution in [1.29, 1.82) is 5.26 Å². The second-order valence-electron chi connectivity index (χ2n) is 12.1. The van der Waals surface area contributed by atoms with Gasteiger partial charge in [-0.25, -0.2) is 14.8 Å². The molecule has 8 rings (SSSR count). The summed E-state index contributed by atoms with van der Waals surface area (Å²) >= 11 is 0. The molecule has 15 heteroatoms. The average molecular weight is 625 g/mol. The minimum atomic E-state index is -1.17. The molecule has 0 bridgehead atoms. The number of aromatic amines is 2. The first-order valence-electron chi connectivity index (χ1n) is 15.8. The third kappa shape index (κ3) is 5.28. The number of nitriles is 1. The zero-order valence-electron chi connectivity index (χ0n) is 25.7. The van der Waals surface area contributed by atoms with E-state index in [1.165, 1.54) is 0 Å². The molecule has 0 aliphatic heterocycles. The molecule has 0 unspecified atom stereocenters. The van der Waals surface area contributed by atoms with E-state index in [2.05, 4.69) is 75.1 Å². The Bertz CT molecular complexity index is 1910. The van der Waals surface area contributed by atoms with Crippen molar-refractivity contribution in [2.75, 3.05) is 6.54 Å². The van der Waals surface area contributed by atoms with E-state index in [0.717, 1.165) is 83.8 Å². The number of rotatable bonds is 7. The number of amides is 1. The molecule has 0 spiro atoms. The van der Waals surface area contributed by atoms with E-state index in [1.54, 1.807) is 18.5 Å². The summed E-state index contributed by atoms with van der Waals surface area (Å²) in [6.45, 7) is 4.42. The van der Waals surface area contributed by atoms with Crippen LogP contribution in [0.15, 0.2) is 36.9 Å². The van der Waals surface area contributed by atoms with Gasteiger partial charge in [-0.3, -0.25) is 8.80 Å². The van der Waals surface area contributed by atoms with E-state index < -0.39 is 6.09 Å². The highest BCUT2D eigenvalue weighted by Crippen LogP contribution is 2.47. The molecule has 0 aromatic carbocycles. The molecule has 2 saturated carbocycles. The van der Waals surface area contributed by atoms with Crippen LogP contribution in [0.2, 0.25) is 0 Å². The van der Waals surface area contributed by atoms with Gasteiger partial charge in [0.1, 0.15) is 18.2 Å². The predicted octanol–water partition coefficient (Wildman–Crippen LogP) is 4.56. The Balaban J connectivity index is 0.000000437. The lowest BCUT2D eigenvalue weighted by atomic mass is 9.93. The van der Waals surface area contributed by atoms with Crippen LogP contribution in [-0.2, 0) is 4.74 Å². The number of carboxylic acid groups (broad SMARTS) is 1. The van der Waals surface area contributed by atoms with Crippen LogP contribution in [0.4, 0.5) is 4.79 Å². The van der Waals surface area contributed by atoms with Crippen LogP contribution in [0.1, 0.15) is 75.9 Å². The molecule has 0 saturated heterocycles. The second kappa shape index (κ2) is 12.4. The van der Waals surface area contributed by atoms with E-state index >= 15 is 0 Å². The van der Waals surface area contributed by atoms with Crippen LogP contribution in [0.25, 0.3) is 33.6 Å². The summed E-state index contributed by atoms with van der Waals surface area (Å²) in [5, 5.41) is 35.6. The fourth-order valence-electron chi connectivity index (χ4n) is 7.57. The van der Waals surface area contributed by atoms with Crippen molar-refractivity contribution in [3.05, 3.63) is 48.6 Å². The van der Waals surface area contributed by atoms with Gasteiger partial charge in [-0.1, -0.05) is 26.7 Å². The maximum Gasteiger partial charge on any atom is 0.405 e. The van der Waals surface area contributed by atoms with Crippen molar-refractivity contribution in [1.82, 2.24) is 54.4 Å². The molecule has 6 aromatic rings. The van der Waals surface area contributed by atoms with Gasteiger partial charge in [0.25, 0.3) is 0 Å². The highest BCUT2D eigenvalue weighted by Gasteiger charge is 2.42. The number of aromatic nitrogens is 10. The Hall–Kier alpha value is -5.10. The zero-order chi connectivity index (χ0) is 31.8. The molecule has 46 heavy (non-hydrogen) atoms. The smallest absolute Gasteiger partial charge is 0.405 e. The van der Waals surface area contributed by atoms with Gasteiger partial charge in [-0.15, -0.1) is 20.4 Å². The first-order valence-corrected chi connectivity index (χ1v) is 15.8. The quantitative estimate of drug-likeness (QED) is 0.182. The maximum atomic E-state index is 9.50. The van der Waals surface area contributed by atoms with Crippen LogP contribution in [0.5, 0.6) is 0 Å². The van der Waals surface area contributed by atoms with Crippen LogP contribution in [0, 0.1) is 23.2 Å². The van der Waals surface area contributed by atoms with Gasteiger partial charge in [0.2, 0.25) is 0 Å². The second-order valence-corrected chi connectivity index (χ2v) is 12.1. The monoisotopic (exact) mass is 624 g/mol. The zero-order valence-corrected chi connectivity index (χ0v) is 25.7. The summed E-state index contributed by atoms with van der Waals surface area (Å²) in [7, 11) is 0. The Morgan fingerprint density at radius 2 is 1.39 bits per heavy atom. The van der Waals surface area contributed by atoms with Crippen molar-refractivity contribution in [2.45, 2.75) is 76.4 Å². The summed E-state index contributed by atoms with van der Waals surface area (Å²) in [5.41, 5.74) is 5.38. The Kier molecular flexibility index (Phi) is 7.95. The van der Waals surface area contributed by atoms with Gasteiger partial charge in [-0.05, 0) is 49.7 Å². The van der Waals surface area contributed by atoms with E-state index in [9.17, 15) is 4.79 Å². The summed E-state index contributed by atoms with van der Waals surface area (Å²) in [5.74, 6) is 3.71. The van der Waals surface area contributed by atoms with Crippen molar-refractivity contribution in [2.24, 2.45) is 11.8 Å². The number of hydrogen-bond acceptors (Lipinski definition) is 9. The van der Waals surface area contributed by atoms with Crippen LogP contribution in [0.3, 0.4) is 0 Å². The van der Waals surface area contributed by atoms with Crippen molar-refractivity contribution >= 4 is 39.7 Å². The van der Waals surface area contributed by atoms with E-state index in [-0.39, 0.29) is 18.8 Å². The Labute approximate surface area is 263 Å². The highest BCUT2D eigenvalue weighted by atomic mass is 16.5. The van der Waals surface area contributed by atoms with Crippen molar-refractivity contribution in [3.8, 4) is 6.07 Å². The lowest BCUT2D eigenvalue weighted by molar-refractivity contribution is -0.00877. The molecule has 0 radical (unpaired) electrons. The number of carbonyl (C=O) groups is 1. The molecule has 15 nitrogen and oxygen atoms in total. The SMILES string of the molecule is CC[C@@H]1C[C@H](O[C@H]2C[C@@H](CC)[C@@H](c3nnc4cnc5[nH]ccc5n34)C2)C[C@@H]1c1nnc2cnc3[nH]ccc3n12.N#CCNC(=O)O. The highest BCUT2D eigenvalue weighted by molar-refractivity contribution is 5.75. The molecule has 1 amide bonds. The minimum absolute atomic E-state index is 0.144.